The molecule has 36 heavy (non-hydrogen) atoms. The summed E-state index contributed by atoms with van der Waals surface area (Å²) >= 11 is 0. The van der Waals surface area contributed by atoms with Crippen molar-refractivity contribution in [3.8, 4) is 16.9 Å². The maximum Gasteiger partial charge on any atom is 0.412 e. The summed E-state index contributed by atoms with van der Waals surface area (Å²) in [5.41, 5.74) is 3.70. The van der Waals surface area contributed by atoms with Crippen LogP contribution in [0.15, 0.2) is 54.9 Å². The topological polar surface area (TPSA) is 107 Å². The van der Waals surface area contributed by atoms with E-state index in [1.165, 1.54) is 44.4 Å². The summed E-state index contributed by atoms with van der Waals surface area (Å²) in [4.78, 5) is 30.6. The van der Waals surface area contributed by atoms with Gasteiger partial charge < -0.3 is 14.2 Å². The van der Waals surface area contributed by atoms with Crippen LogP contribution in [0.4, 0.5) is 20.7 Å². The van der Waals surface area contributed by atoms with E-state index < -0.39 is 11.9 Å². The van der Waals surface area contributed by atoms with Crippen molar-refractivity contribution in [3.63, 3.8) is 0 Å². The summed E-state index contributed by atoms with van der Waals surface area (Å²) in [5, 5.41) is 6.94. The molecule has 0 radical (unpaired) electrons. The van der Waals surface area contributed by atoms with Crippen LogP contribution in [0, 0.1) is 12.7 Å². The minimum atomic E-state index is -0.621. The number of carbonyl (C=O) groups is 2. The number of nitrogens with one attached hydrogen (secondary N) is 1. The molecule has 2 amide bonds. The summed E-state index contributed by atoms with van der Waals surface area (Å²) in [6, 6.07) is 11.0. The first-order valence-corrected chi connectivity index (χ1v) is 10.8. The number of aromatic nitrogens is 3. The number of benzene rings is 1. The van der Waals surface area contributed by atoms with Gasteiger partial charge in [0, 0.05) is 41.8 Å². The molecule has 3 heterocycles. The maximum atomic E-state index is 13.9. The molecular weight excluding hydrogens is 469 g/mol. The number of carbonyl (C=O) groups excluding carboxylic acids is 2. The van der Waals surface area contributed by atoms with Gasteiger partial charge in [-0.1, -0.05) is 0 Å². The van der Waals surface area contributed by atoms with Crippen molar-refractivity contribution in [2.24, 2.45) is 0 Å². The Hall–Kier alpha value is -4.51. The highest BCUT2D eigenvalue weighted by molar-refractivity contribution is 6.07. The molecule has 0 fully saturated rings. The van der Waals surface area contributed by atoms with Crippen molar-refractivity contribution in [1.82, 2.24) is 14.6 Å². The number of halogens is 1. The molecule has 0 aliphatic carbocycles. The highest BCUT2D eigenvalue weighted by atomic mass is 19.1. The third-order valence-electron chi connectivity index (χ3n) is 5.48. The predicted octanol–water partition coefficient (Wildman–Crippen LogP) is 4.28. The van der Waals surface area contributed by atoms with E-state index in [0.29, 0.717) is 22.6 Å². The van der Waals surface area contributed by atoms with Crippen LogP contribution in [-0.2, 0) is 9.47 Å². The number of hydrogen-bond donors (Lipinski definition) is 1. The number of methoxy groups -OCH3 is 3. The Bertz CT molecular complexity index is 1420. The van der Waals surface area contributed by atoms with Gasteiger partial charge in [-0.2, -0.15) is 5.10 Å². The number of fused-ring (bicyclic) bond motifs is 1. The van der Waals surface area contributed by atoms with Gasteiger partial charge >= 0.3 is 6.09 Å². The van der Waals surface area contributed by atoms with Crippen LogP contribution < -0.4 is 15.0 Å². The van der Waals surface area contributed by atoms with E-state index in [0.717, 1.165) is 16.8 Å². The Morgan fingerprint density at radius 2 is 1.89 bits per heavy atom. The molecule has 0 spiro atoms. The number of hydrogen-bond acceptors (Lipinski definition) is 7. The number of rotatable bonds is 7. The lowest BCUT2D eigenvalue weighted by atomic mass is 10.1. The number of anilines is 2. The van der Waals surface area contributed by atoms with Crippen molar-refractivity contribution < 1.29 is 28.2 Å². The van der Waals surface area contributed by atoms with Gasteiger partial charge in [0.25, 0.3) is 5.91 Å². The summed E-state index contributed by atoms with van der Waals surface area (Å²) in [6.45, 7) is 1.78. The maximum absolute atomic E-state index is 13.9. The fourth-order valence-electron chi connectivity index (χ4n) is 3.73. The zero-order valence-corrected chi connectivity index (χ0v) is 20.1. The third kappa shape index (κ3) is 4.82. The van der Waals surface area contributed by atoms with Crippen LogP contribution in [0.1, 0.15) is 16.1 Å². The first kappa shape index (κ1) is 24.6. The van der Waals surface area contributed by atoms with E-state index in [1.54, 1.807) is 41.2 Å². The molecule has 1 aromatic carbocycles. The van der Waals surface area contributed by atoms with Gasteiger partial charge in [0.1, 0.15) is 12.5 Å². The molecule has 4 aromatic rings. The average Bonchev–Trinajstić information content (AvgIpc) is 3.32. The average molecular weight is 493 g/mol. The Balaban J connectivity index is 1.72. The van der Waals surface area contributed by atoms with Gasteiger partial charge in [-0.05, 0) is 43.3 Å². The van der Waals surface area contributed by atoms with E-state index >= 15 is 0 Å². The monoisotopic (exact) mass is 493 g/mol. The van der Waals surface area contributed by atoms with E-state index in [9.17, 15) is 14.0 Å². The second-order valence-electron chi connectivity index (χ2n) is 7.76. The Labute approximate surface area is 206 Å². The smallest absolute Gasteiger partial charge is 0.412 e. The Morgan fingerprint density at radius 1 is 1.08 bits per heavy atom. The largest absolute Gasteiger partial charge is 0.494 e. The quantitative estimate of drug-likeness (QED) is 0.383. The zero-order chi connectivity index (χ0) is 25.8. The van der Waals surface area contributed by atoms with E-state index in [-0.39, 0.29) is 18.4 Å². The lowest BCUT2D eigenvalue weighted by molar-refractivity contribution is 0.0936. The number of aryl methyl sites for hydroxylation is 1. The standard InChI is InChI=1S/C25H24FN5O5/c1-15-9-17(24(32)30(14-34-2)18-6-7-20(26)22(11-18)35-3)10-21-19(13-28-31(15)21)16-5-8-23(27-12-16)29-25(33)36-4/h5-13H,14H2,1-4H3,(H,27,29,33). The summed E-state index contributed by atoms with van der Waals surface area (Å²) in [6.07, 6.45) is 2.65. The summed E-state index contributed by atoms with van der Waals surface area (Å²) in [7, 11) is 4.09. The normalized spacial score (nSPS) is 10.8. The highest BCUT2D eigenvalue weighted by Crippen LogP contribution is 2.29. The molecule has 10 nitrogen and oxygen atoms in total. The number of amides is 2. The van der Waals surface area contributed by atoms with Crippen molar-refractivity contribution in [1.29, 1.82) is 0 Å². The van der Waals surface area contributed by atoms with Crippen LogP contribution in [0.2, 0.25) is 0 Å². The van der Waals surface area contributed by atoms with E-state index in [1.807, 2.05) is 6.92 Å². The number of ether oxygens (including phenoxy) is 3. The number of nitrogens with zero attached hydrogens (tertiary/aromatic N) is 4. The van der Waals surface area contributed by atoms with Gasteiger partial charge in [-0.25, -0.2) is 18.7 Å². The molecule has 11 heteroatoms. The highest BCUT2D eigenvalue weighted by Gasteiger charge is 2.21. The molecular formula is C25H24FN5O5. The van der Waals surface area contributed by atoms with Gasteiger partial charge in [-0.3, -0.25) is 15.0 Å². The molecule has 1 N–H and O–H groups in total. The Morgan fingerprint density at radius 3 is 2.56 bits per heavy atom. The van der Waals surface area contributed by atoms with Gasteiger partial charge in [0.2, 0.25) is 0 Å². The molecule has 0 saturated carbocycles. The lowest BCUT2D eigenvalue weighted by Gasteiger charge is -2.23. The van der Waals surface area contributed by atoms with Crippen molar-refractivity contribution in [3.05, 3.63) is 71.9 Å². The fourth-order valence-corrected chi connectivity index (χ4v) is 3.73. The molecule has 0 atom stereocenters. The summed E-state index contributed by atoms with van der Waals surface area (Å²) in [5.74, 6) is -0.532. The second kappa shape index (κ2) is 10.4. The summed E-state index contributed by atoms with van der Waals surface area (Å²) < 4.78 is 30.6. The fraction of sp³-hybridized carbons (Fsp3) is 0.200. The first-order chi connectivity index (χ1) is 17.4. The first-order valence-electron chi connectivity index (χ1n) is 10.8. The molecule has 4 rings (SSSR count). The minimum Gasteiger partial charge on any atom is -0.494 e. The van der Waals surface area contributed by atoms with Crippen molar-refractivity contribution >= 4 is 29.0 Å². The minimum absolute atomic E-state index is 0.0174. The number of pyridine rings is 2. The molecule has 186 valence electrons. The van der Waals surface area contributed by atoms with Crippen LogP contribution in [-0.4, -0.2) is 54.7 Å². The predicted molar refractivity (Wildman–Crippen MR) is 131 cm³/mol. The Kier molecular flexibility index (Phi) is 7.11. The zero-order valence-electron chi connectivity index (χ0n) is 20.1. The van der Waals surface area contributed by atoms with Crippen LogP contribution >= 0.6 is 0 Å². The molecule has 0 unspecified atom stereocenters. The van der Waals surface area contributed by atoms with Crippen LogP contribution in [0.5, 0.6) is 5.75 Å². The van der Waals surface area contributed by atoms with Gasteiger partial charge in [-0.15, -0.1) is 0 Å². The van der Waals surface area contributed by atoms with E-state index in [2.05, 4.69) is 20.1 Å². The van der Waals surface area contributed by atoms with E-state index in [4.69, 9.17) is 9.47 Å². The third-order valence-corrected chi connectivity index (χ3v) is 5.48. The lowest BCUT2D eigenvalue weighted by Crippen LogP contribution is -2.33. The SMILES string of the molecule is COCN(C(=O)c1cc(C)n2ncc(-c3ccc(NC(=O)OC)nc3)c2c1)c1ccc(F)c(OC)c1. The molecule has 0 bridgehead atoms. The van der Waals surface area contributed by atoms with Crippen LogP contribution in [0.25, 0.3) is 16.6 Å². The second-order valence-corrected chi connectivity index (χ2v) is 7.76. The van der Waals surface area contributed by atoms with Crippen molar-refractivity contribution in [2.45, 2.75) is 6.92 Å². The molecule has 0 saturated heterocycles. The van der Waals surface area contributed by atoms with Gasteiger partial charge in [0.15, 0.2) is 11.6 Å². The van der Waals surface area contributed by atoms with Crippen LogP contribution in [0.3, 0.4) is 0 Å². The molecule has 3 aromatic heterocycles. The van der Waals surface area contributed by atoms with Crippen molar-refractivity contribution in [2.75, 3.05) is 38.3 Å². The van der Waals surface area contributed by atoms with Gasteiger partial charge in [0.05, 0.1) is 31.6 Å². The molecule has 0 aliphatic heterocycles. The molecule has 0 aliphatic rings.